The molecule has 94 valence electrons. The molecule has 2 N–H and O–H groups in total. The summed E-state index contributed by atoms with van der Waals surface area (Å²) in [6.07, 6.45) is 4.52. The topological polar surface area (TPSA) is 43.8 Å². The quantitative estimate of drug-likeness (QED) is 0.901. The first-order valence-corrected chi connectivity index (χ1v) is 7.25. The predicted octanol–water partition coefficient (Wildman–Crippen LogP) is 2.58. The van der Waals surface area contributed by atoms with E-state index in [-0.39, 0.29) is 0 Å². The summed E-state index contributed by atoms with van der Waals surface area (Å²) in [6.45, 7) is 0.488. The van der Waals surface area contributed by atoms with Crippen molar-refractivity contribution in [2.45, 2.75) is 24.3 Å². The molecule has 0 radical (unpaired) electrons. The minimum absolute atomic E-state index is 0.488. The number of nitrogens with two attached hydrogens (primary N) is 1. The Morgan fingerprint density at radius 2 is 2.33 bits per heavy atom. The van der Waals surface area contributed by atoms with Crippen LogP contribution >= 0.6 is 11.8 Å². The third-order valence-corrected chi connectivity index (χ3v) is 4.52. The minimum Gasteiger partial charge on any atom is -0.325 e. The fourth-order valence-electron chi connectivity index (χ4n) is 2.45. The Labute approximate surface area is 111 Å². The molecule has 0 saturated carbocycles. The molecule has 1 aromatic heterocycles. The van der Waals surface area contributed by atoms with E-state index in [0.29, 0.717) is 6.54 Å². The van der Waals surface area contributed by atoms with E-state index in [1.54, 1.807) is 0 Å². The van der Waals surface area contributed by atoms with Gasteiger partial charge in [-0.05, 0) is 41.9 Å². The first-order chi connectivity index (χ1) is 8.78. The van der Waals surface area contributed by atoms with Gasteiger partial charge in [-0.1, -0.05) is 6.07 Å². The molecule has 0 fully saturated rings. The molecule has 2 heterocycles. The van der Waals surface area contributed by atoms with E-state index in [9.17, 15) is 0 Å². The van der Waals surface area contributed by atoms with Crippen LogP contribution in [0.5, 0.6) is 0 Å². The number of aryl methyl sites for hydroxylation is 2. The lowest BCUT2D eigenvalue weighted by molar-refractivity contribution is 0.742. The Hall–Kier alpha value is -1.26. The number of rotatable bonds is 2. The molecule has 1 aliphatic heterocycles. The summed E-state index contributed by atoms with van der Waals surface area (Å²) < 4.78 is 1.84. The maximum atomic E-state index is 5.76. The smallest absolute Gasteiger partial charge is 0.0838 e. The average Bonchev–Trinajstić information content (AvgIpc) is 2.79. The Kier molecular flexibility index (Phi) is 3.14. The van der Waals surface area contributed by atoms with Crippen molar-refractivity contribution >= 4 is 11.8 Å². The molecule has 1 aromatic carbocycles. The summed E-state index contributed by atoms with van der Waals surface area (Å²) in [5.74, 6) is 1.24. The van der Waals surface area contributed by atoms with E-state index in [1.165, 1.54) is 40.2 Å². The van der Waals surface area contributed by atoms with Gasteiger partial charge in [0.15, 0.2) is 0 Å². The second-order valence-electron chi connectivity index (χ2n) is 4.64. The highest BCUT2D eigenvalue weighted by molar-refractivity contribution is 7.99. The van der Waals surface area contributed by atoms with Crippen LogP contribution in [-0.4, -0.2) is 15.5 Å². The van der Waals surface area contributed by atoms with Gasteiger partial charge in [0.05, 0.1) is 5.69 Å². The zero-order valence-corrected chi connectivity index (χ0v) is 11.3. The van der Waals surface area contributed by atoms with Crippen molar-refractivity contribution in [1.29, 1.82) is 0 Å². The molecule has 0 amide bonds. The van der Waals surface area contributed by atoms with Crippen molar-refractivity contribution in [3.05, 3.63) is 35.7 Å². The van der Waals surface area contributed by atoms with Crippen molar-refractivity contribution in [2.24, 2.45) is 12.8 Å². The summed E-state index contributed by atoms with van der Waals surface area (Å²) in [5, 5.41) is 4.40. The lowest BCUT2D eigenvalue weighted by Gasteiger charge is -2.16. The SMILES string of the molecule is Cn1cc(-c2ccc3c(c2)CCCS3)c(CN)n1. The molecule has 1 aliphatic rings. The molecule has 0 aliphatic carbocycles. The van der Waals surface area contributed by atoms with Gasteiger partial charge >= 0.3 is 0 Å². The summed E-state index contributed by atoms with van der Waals surface area (Å²) in [5.41, 5.74) is 10.6. The highest BCUT2D eigenvalue weighted by atomic mass is 32.2. The van der Waals surface area contributed by atoms with Crippen molar-refractivity contribution in [3.63, 3.8) is 0 Å². The van der Waals surface area contributed by atoms with Crippen LogP contribution in [-0.2, 0) is 20.0 Å². The Morgan fingerprint density at radius 3 is 3.17 bits per heavy atom. The number of nitrogens with zero attached hydrogens (tertiary/aromatic N) is 2. The van der Waals surface area contributed by atoms with Gasteiger partial charge in [-0.15, -0.1) is 11.8 Å². The van der Waals surface area contributed by atoms with Gasteiger partial charge in [-0.25, -0.2) is 0 Å². The van der Waals surface area contributed by atoms with E-state index in [2.05, 4.69) is 29.5 Å². The van der Waals surface area contributed by atoms with Crippen LogP contribution in [0.25, 0.3) is 11.1 Å². The van der Waals surface area contributed by atoms with Crippen LogP contribution in [0, 0.1) is 0 Å². The normalized spacial score (nSPS) is 14.6. The molecular weight excluding hydrogens is 242 g/mol. The largest absolute Gasteiger partial charge is 0.325 e. The van der Waals surface area contributed by atoms with E-state index < -0.39 is 0 Å². The van der Waals surface area contributed by atoms with Crippen molar-refractivity contribution in [3.8, 4) is 11.1 Å². The molecular formula is C14H17N3S. The van der Waals surface area contributed by atoms with Gasteiger partial charge < -0.3 is 5.73 Å². The highest BCUT2D eigenvalue weighted by Crippen LogP contribution is 2.33. The molecule has 0 atom stereocenters. The third-order valence-electron chi connectivity index (χ3n) is 3.32. The molecule has 0 unspecified atom stereocenters. The molecule has 2 aromatic rings. The van der Waals surface area contributed by atoms with Crippen LogP contribution in [0.15, 0.2) is 29.3 Å². The van der Waals surface area contributed by atoms with Gasteiger partial charge in [0.25, 0.3) is 0 Å². The number of hydrogen-bond acceptors (Lipinski definition) is 3. The van der Waals surface area contributed by atoms with Gasteiger partial charge in [-0.2, -0.15) is 5.10 Å². The predicted molar refractivity (Wildman–Crippen MR) is 75.6 cm³/mol. The fraction of sp³-hybridized carbons (Fsp3) is 0.357. The monoisotopic (exact) mass is 259 g/mol. The first kappa shape index (κ1) is 11.8. The maximum absolute atomic E-state index is 5.76. The zero-order chi connectivity index (χ0) is 12.5. The van der Waals surface area contributed by atoms with Crippen molar-refractivity contribution in [1.82, 2.24) is 9.78 Å². The molecule has 0 saturated heterocycles. The molecule has 0 bridgehead atoms. The Balaban J connectivity index is 2.06. The van der Waals surface area contributed by atoms with E-state index in [1.807, 2.05) is 23.5 Å². The van der Waals surface area contributed by atoms with Crippen LogP contribution in [0.4, 0.5) is 0 Å². The van der Waals surface area contributed by atoms with Crippen LogP contribution < -0.4 is 5.73 Å². The van der Waals surface area contributed by atoms with Crippen molar-refractivity contribution in [2.75, 3.05) is 5.75 Å². The van der Waals surface area contributed by atoms with Crippen LogP contribution in [0.1, 0.15) is 17.7 Å². The lowest BCUT2D eigenvalue weighted by Crippen LogP contribution is -2.01. The molecule has 3 rings (SSSR count). The van der Waals surface area contributed by atoms with Crippen LogP contribution in [0.3, 0.4) is 0 Å². The van der Waals surface area contributed by atoms with Crippen molar-refractivity contribution < 1.29 is 0 Å². The Bertz CT molecular complexity index is 574. The average molecular weight is 259 g/mol. The van der Waals surface area contributed by atoms with Gasteiger partial charge in [-0.3, -0.25) is 4.68 Å². The Morgan fingerprint density at radius 1 is 1.44 bits per heavy atom. The number of benzene rings is 1. The maximum Gasteiger partial charge on any atom is 0.0838 e. The fourth-order valence-corrected chi connectivity index (χ4v) is 3.47. The molecule has 4 heteroatoms. The van der Waals surface area contributed by atoms with Gasteiger partial charge in [0, 0.05) is 30.2 Å². The number of aromatic nitrogens is 2. The highest BCUT2D eigenvalue weighted by Gasteiger charge is 2.13. The summed E-state index contributed by atoms with van der Waals surface area (Å²) >= 11 is 1.96. The standard InChI is InChI=1S/C14H17N3S/c1-17-9-12(13(8-15)16-17)10-4-5-14-11(7-10)3-2-6-18-14/h4-5,7,9H,2-3,6,8,15H2,1H3. The number of fused-ring (bicyclic) bond motifs is 1. The second-order valence-corrected chi connectivity index (χ2v) is 5.78. The van der Waals surface area contributed by atoms with Crippen LogP contribution in [0.2, 0.25) is 0 Å². The van der Waals surface area contributed by atoms with E-state index in [4.69, 9.17) is 5.73 Å². The zero-order valence-electron chi connectivity index (χ0n) is 10.5. The van der Waals surface area contributed by atoms with E-state index in [0.717, 1.165) is 5.69 Å². The van der Waals surface area contributed by atoms with Gasteiger partial charge in [0.2, 0.25) is 0 Å². The summed E-state index contributed by atoms with van der Waals surface area (Å²) in [4.78, 5) is 1.43. The molecule has 3 nitrogen and oxygen atoms in total. The summed E-state index contributed by atoms with van der Waals surface area (Å²) in [6, 6.07) is 6.73. The second kappa shape index (κ2) is 4.78. The number of hydrogen-bond donors (Lipinski definition) is 1. The minimum atomic E-state index is 0.488. The van der Waals surface area contributed by atoms with E-state index >= 15 is 0 Å². The molecule has 0 spiro atoms. The number of thioether (sulfide) groups is 1. The molecule has 18 heavy (non-hydrogen) atoms. The lowest BCUT2D eigenvalue weighted by atomic mass is 10.0. The summed E-state index contributed by atoms with van der Waals surface area (Å²) in [7, 11) is 1.94. The third kappa shape index (κ3) is 2.06. The first-order valence-electron chi connectivity index (χ1n) is 6.26. The van der Waals surface area contributed by atoms with Gasteiger partial charge in [0.1, 0.15) is 0 Å².